The Morgan fingerprint density at radius 2 is 2.09 bits per heavy atom. The highest BCUT2D eigenvalue weighted by Crippen LogP contribution is 2.09. The highest BCUT2D eigenvalue weighted by molar-refractivity contribution is 5.91. The van der Waals surface area contributed by atoms with E-state index in [1.54, 1.807) is 18.2 Å². The lowest BCUT2D eigenvalue weighted by Gasteiger charge is -2.08. The van der Waals surface area contributed by atoms with Gasteiger partial charge in [0.2, 0.25) is 5.91 Å². The molecular weight excluding hydrogens is 298 g/mol. The maximum atomic E-state index is 12.0. The van der Waals surface area contributed by atoms with E-state index >= 15 is 0 Å². The molecule has 1 amide bonds. The van der Waals surface area contributed by atoms with Gasteiger partial charge in [0.15, 0.2) is 0 Å². The zero-order chi connectivity index (χ0) is 16.8. The van der Waals surface area contributed by atoms with Gasteiger partial charge < -0.3 is 14.6 Å². The first-order chi connectivity index (χ1) is 11.0. The Bertz CT molecular complexity index is 849. The second kappa shape index (κ2) is 7.04. The quantitative estimate of drug-likeness (QED) is 0.853. The summed E-state index contributed by atoms with van der Waals surface area (Å²) < 4.78 is 5.68. The van der Waals surface area contributed by atoms with Gasteiger partial charge in [0.05, 0.1) is 24.3 Å². The van der Waals surface area contributed by atoms with Crippen LogP contribution in [-0.4, -0.2) is 23.6 Å². The summed E-state index contributed by atoms with van der Waals surface area (Å²) in [6.45, 7) is -0.263. The Hall–Kier alpha value is -3.40. The number of methoxy groups -OCH3 is 1. The summed E-state index contributed by atoms with van der Waals surface area (Å²) in [7, 11) is 1.23. The molecule has 7 nitrogen and oxygen atoms in total. The van der Waals surface area contributed by atoms with Gasteiger partial charge >= 0.3 is 5.97 Å². The molecule has 116 valence electrons. The second-order valence-corrected chi connectivity index (χ2v) is 4.62. The zero-order valence-corrected chi connectivity index (χ0v) is 12.3. The van der Waals surface area contributed by atoms with Crippen molar-refractivity contribution in [2.45, 2.75) is 6.54 Å². The Morgan fingerprint density at radius 1 is 1.30 bits per heavy atom. The molecule has 0 unspecified atom stereocenters. The van der Waals surface area contributed by atoms with Crippen molar-refractivity contribution in [3.05, 3.63) is 64.1 Å². The van der Waals surface area contributed by atoms with Crippen LogP contribution >= 0.6 is 0 Å². The summed E-state index contributed by atoms with van der Waals surface area (Å²) in [5, 5.41) is 11.4. The number of nitriles is 1. The predicted molar refractivity (Wildman–Crippen MR) is 81.8 cm³/mol. The van der Waals surface area contributed by atoms with E-state index in [9.17, 15) is 14.4 Å². The molecule has 23 heavy (non-hydrogen) atoms. The first-order valence-corrected chi connectivity index (χ1v) is 6.62. The van der Waals surface area contributed by atoms with Crippen LogP contribution in [0.1, 0.15) is 15.9 Å². The van der Waals surface area contributed by atoms with Gasteiger partial charge in [-0.05, 0) is 24.3 Å². The number of nitrogens with one attached hydrogen (secondary N) is 1. The van der Waals surface area contributed by atoms with Crippen LogP contribution in [0.3, 0.4) is 0 Å². The minimum Gasteiger partial charge on any atom is -0.465 e. The average Bonchev–Trinajstić information content (AvgIpc) is 2.56. The summed E-state index contributed by atoms with van der Waals surface area (Å²) in [6.07, 6.45) is 1.26. The lowest BCUT2D eigenvalue weighted by atomic mass is 10.2. The van der Waals surface area contributed by atoms with E-state index in [1.165, 1.54) is 31.5 Å². The van der Waals surface area contributed by atoms with Gasteiger partial charge in [-0.15, -0.1) is 0 Å². The van der Waals surface area contributed by atoms with Crippen LogP contribution in [-0.2, 0) is 16.1 Å². The zero-order valence-electron chi connectivity index (χ0n) is 12.3. The number of rotatable bonds is 4. The van der Waals surface area contributed by atoms with E-state index in [2.05, 4.69) is 10.1 Å². The molecule has 1 N–H and O–H groups in total. The Kier molecular flexibility index (Phi) is 4.89. The summed E-state index contributed by atoms with van der Waals surface area (Å²) in [5.74, 6) is -1.05. The maximum absolute atomic E-state index is 12.0. The van der Waals surface area contributed by atoms with Gasteiger partial charge in [-0.25, -0.2) is 4.79 Å². The Labute approximate surface area is 131 Å². The van der Waals surface area contributed by atoms with Gasteiger partial charge in [0.1, 0.15) is 6.54 Å². The molecule has 2 rings (SSSR count). The van der Waals surface area contributed by atoms with Crippen molar-refractivity contribution in [3.63, 3.8) is 0 Å². The van der Waals surface area contributed by atoms with Crippen LogP contribution in [0.5, 0.6) is 0 Å². The summed E-state index contributed by atoms with van der Waals surface area (Å²) in [5.41, 5.74) is 0.615. The number of ether oxygens (including phenoxy) is 1. The van der Waals surface area contributed by atoms with Crippen LogP contribution in [0.2, 0.25) is 0 Å². The van der Waals surface area contributed by atoms with Gasteiger partial charge in [-0.3, -0.25) is 9.59 Å². The van der Waals surface area contributed by atoms with Crippen LogP contribution in [0.4, 0.5) is 5.69 Å². The molecule has 1 aromatic heterocycles. The molecule has 0 atom stereocenters. The molecule has 0 saturated heterocycles. The third kappa shape index (κ3) is 4.04. The molecule has 0 aliphatic heterocycles. The largest absolute Gasteiger partial charge is 0.465 e. The standard InChI is InChI=1S/C16H13N3O4/c1-23-16(22)12-5-6-15(21)19(9-12)10-14(20)18-13-4-2-3-11(7-13)8-17/h2-7,9H,10H2,1H3,(H,18,20). The molecule has 0 bridgehead atoms. The Balaban J connectivity index is 2.15. The molecule has 1 heterocycles. The van der Waals surface area contributed by atoms with Crippen LogP contribution in [0, 0.1) is 11.3 Å². The number of esters is 1. The van der Waals surface area contributed by atoms with Crippen LogP contribution in [0.25, 0.3) is 0 Å². The lowest BCUT2D eigenvalue weighted by molar-refractivity contribution is -0.116. The van der Waals surface area contributed by atoms with Crippen molar-refractivity contribution in [3.8, 4) is 6.07 Å². The number of benzene rings is 1. The number of aromatic nitrogens is 1. The molecule has 0 aliphatic rings. The van der Waals surface area contributed by atoms with Crippen molar-refractivity contribution in [1.29, 1.82) is 5.26 Å². The molecular formula is C16H13N3O4. The number of hydrogen-bond acceptors (Lipinski definition) is 5. The number of amides is 1. The highest BCUT2D eigenvalue weighted by Gasteiger charge is 2.10. The van der Waals surface area contributed by atoms with Crippen molar-refractivity contribution >= 4 is 17.6 Å². The van der Waals surface area contributed by atoms with E-state index in [-0.39, 0.29) is 12.1 Å². The molecule has 0 aliphatic carbocycles. The van der Waals surface area contributed by atoms with Crippen LogP contribution < -0.4 is 10.9 Å². The van der Waals surface area contributed by atoms with E-state index in [0.29, 0.717) is 11.3 Å². The minimum absolute atomic E-state index is 0.173. The molecule has 0 fully saturated rings. The van der Waals surface area contributed by atoms with Crippen molar-refractivity contribution in [2.75, 3.05) is 12.4 Å². The number of carbonyl (C=O) groups is 2. The summed E-state index contributed by atoms with van der Waals surface area (Å²) in [4.78, 5) is 35.2. The van der Waals surface area contributed by atoms with Gasteiger partial charge in [0, 0.05) is 18.0 Å². The third-order valence-electron chi connectivity index (χ3n) is 2.99. The monoisotopic (exact) mass is 311 g/mol. The molecule has 0 saturated carbocycles. The SMILES string of the molecule is COC(=O)c1ccc(=O)n(CC(=O)Nc2cccc(C#N)c2)c1. The Morgan fingerprint density at radius 3 is 2.78 bits per heavy atom. The highest BCUT2D eigenvalue weighted by atomic mass is 16.5. The second-order valence-electron chi connectivity index (χ2n) is 4.62. The molecule has 0 radical (unpaired) electrons. The topological polar surface area (TPSA) is 101 Å². The fraction of sp³-hybridized carbons (Fsp3) is 0.125. The molecule has 1 aromatic carbocycles. The van der Waals surface area contributed by atoms with E-state index in [0.717, 1.165) is 4.57 Å². The van der Waals surface area contributed by atoms with E-state index in [1.807, 2.05) is 6.07 Å². The number of anilines is 1. The molecule has 2 aromatic rings. The number of nitrogens with zero attached hydrogens (tertiary/aromatic N) is 2. The number of pyridine rings is 1. The van der Waals surface area contributed by atoms with Gasteiger partial charge in [-0.1, -0.05) is 6.07 Å². The fourth-order valence-corrected chi connectivity index (χ4v) is 1.92. The summed E-state index contributed by atoms with van der Waals surface area (Å²) >= 11 is 0. The first-order valence-electron chi connectivity index (χ1n) is 6.62. The van der Waals surface area contributed by atoms with E-state index < -0.39 is 17.4 Å². The third-order valence-corrected chi connectivity index (χ3v) is 2.99. The number of hydrogen-bond donors (Lipinski definition) is 1. The van der Waals surface area contributed by atoms with Gasteiger partial charge in [0.25, 0.3) is 5.56 Å². The smallest absolute Gasteiger partial charge is 0.339 e. The first kappa shape index (κ1) is 16.0. The lowest BCUT2D eigenvalue weighted by Crippen LogP contribution is -2.27. The normalized spacial score (nSPS) is 9.74. The van der Waals surface area contributed by atoms with Crippen molar-refractivity contribution in [2.24, 2.45) is 0 Å². The van der Waals surface area contributed by atoms with Crippen LogP contribution in [0.15, 0.2) is 47.4 Å². The molecule has 0 spiro atoms. The van der Waals surface area contributed by atoms with Crippen molar-refractivity contribution in [1.82, 2.24) is 4.57 Å². The predicted octanol–water partition coefficient (Wildman–Crippen LogP) is 1.15. The molecule has 7 heteroatoms. The van der Waals surface area contributed by atoms with E-state index in [4.69, 9.17) is 5.26 Å². The minimum atomic E-state index is -0.596. The van der Waals surface area contributed by atoms with Gasteiger partial charge in [-0.2, -0.15) is 5.26 Å². The summed E-state index contributed by atoms with van der Waals surface area (Å²) in [6, 6.07) is 10.9. The van der Waals surface area contributed by atoms with Crippen molar-refractivity contribution < 1.29 is 14.3 Å². The maximum Gasteiger partial charge on any atom is 0.339 e. The average molecular weight is 311 g/mol. The fourth-order valence-electron chi connectivity index (χ4n) is 1.92. The number of carbonyl (C=O) groups excluding carboxylic acids is 2.